The number of thioether (sulfide) groups is 1. The molecule has 0 saturated heterocycles. The lowest BCUT2D eigenvalue weighted by atomic mass is 10.2. The third-order valence-corrected chi connectivity index (χ3v) is 3.44. The molecule has 0 aromatic heterocycles. The second-order valence-corrected chi connectivity index (χ2v) is 5.12. The van der Waals surface area contributed by atoms with Crippen LogP contribution in [0, 0.1) is 5.82 Å². The number of esters is 1. The van der Waals surface area contributed by atoms with E-state index in [1.807, 2.05) is 0 Å². The van der Waals surface area contributed by atoms with Crippen molar-refractivity contribution in [3.05, 3.63) is 24.0 Å². The molecule has 0 radical (unpaired) electrons. The number of anilines is 2. The van der Waals surface area contributed by atoms with Crippen LogP contribution in [0.3, 0.4) is 0 Å². The number of hydrogen-bond acceptors (Lipinski definition) is 5. The summed E-state index contributed by atoms with van der Waals surface area (Å²) in [6, 6.07) is 4.03. The standard InChI is InChI=1S/C13H17FN2O3S/c1-19-13(18)8-20-6-2-3-12(17)16-9-4-5-10(14)11(15)7-9/h4-5,7H,2-3,6,8,15H2,1H3,(H,16,17). The zero-order valence-corrected chi connectivity index (χ0v) is 12.0. The van der Waals surface area contributed by atoms with Crippen molar-refractivity contribution in [3.63, 3.8) is 0 Å². The fraction of sp³-hybridized carbons (Fsp3) is 0.385. The number of benzene rings is 1. The molecule has 0 unspecified atom stereocenters. The number of ether oxygens (including phenoxy) is 1. The lowest BCUT2D eigenvalue weighted by Crippen LogP contribution is -2.12. The Morgan fingerprint density at radius 1 is 1.45 bits per heavy atom. The predicted molar refractivity (Wildman–Crippen MR) is 78.0 cm³/mol. The number of carbonyl (C=O) groups excluding carboxylic acids is 2. The van der Waals surface area contributed by atoms with E-state index in [0.29, 0.717) is 24.3 Å². The monoisotopic (exact) mass is 300 g/mol. The highest BCUT2D eigenvalue weighted by Gasteiger charge is 2.05. The molecule has 1 aromatic carbocycles. The third kappa shape index (κ3) is 5.92. The zero-order chi connectivity index (χ0) is 15.0. The normalized spacial score (nSPS) is 10.1. The molecule has 3 N–H and O–H groups in total. The topological polar surface area (TPSA) is 81.4 Å². The maximum absolute atomic E-state index is 12.9. The van der Waals surface area contributed by atoms with E-state index in [2.05, 4.69) is 10.1 Å². The predicted octanol–water partition coefficient (Wildman–Crippen LogP) is 2.03. The second-order valence-electron chi connectivity index (χ2n) is 4.02. The molecule has 0 heterocycles. The highest BCUT2D eigenvalue weighted by molar-refractivity contribution is 7.99. The number of nitrogens with two attached hydrogens (primary N) is 1. The van der Waals surface area contributed by atoms with Gasteiger partial charge in [0.2, 0.25) is 5.91 Å². The van der Waals surface area contributed by atoms with Gasteiger partial charge in [-0.1, -0.05) is 0 Å². The van der Waals surface area contributed by atoms with Crippen LogP contribution in [-0.4, -0.2) is 30.5 Å². The molecule has 20 heavy (non-hydrogen) atoms. The van der Waals surface area contributed by atoms with Crippen molar-refractivity contribution in [1.29, 1.82) is 0 Å². The van der Waals surface area contributed by atoms with Crippen molar-refractivity contribution in [2.75, 3.05) is 29.7 Å². The quantitative estimate of drug-likeness (QED) is 0.457. The van der Waals surface area contributed by atoms with Crippen LogP contribution in [0.25, 0.3) is 0 Å². The van der Waals surface area contributed by atoms with E-state index in [-0.39, 0.29) is 23.3 Å². The molecule has 0 spiro atoms. The van der Waals surface area contributed by atoms with Crippen LogP contribution in [0.4, 0.5) is 15.8 Å². The minimum absolute atomic E-state index is 0.00330. The third-order valence-electron chi connectivity index (χ3n) is 2.42. The number of nitrogen functional groups attached to an aromatic ring is 1. The van der Waals surface area contributed by atoms with Crippen molar-refractivity contribution in [3.8, 4) is 0 Å². The average Bonchev–Trinajstić information content (AvgIpc) is 2.42. The maximum atomic E-state index is 12.9. The molecule has 5 nitrogen and oxygen atoms in total. The largest absolute Gasteiger partial charge is 0.468 e. The summed E-state index contributed by atoms with van der Waals surface area (Å²) in [4.78, 5) is 22.5. The van der Waals surface area contributed by atoms with Crippen molar-refractivity contribution in [2.45, 2.75) is 12.8 Å². The van der Waals surface area contributed by atoms with Gasteiger partial charge in [-0.3, -0.25) is 9.59 Å². The Morgan fingerprint density at radius 2 is 2.20 bits per heavy atom. The fourth-order valence-electron chi connectivity index (χ4n) is 1.39. The summed E-state index contributed by atoms with van der Waals surface area (Å²) in [6.45, 7) is 0. The van der Waals surface area contributed by atoms with Gasteiger partial charge in [0.05, 0.1) is 18.6 Å². The molecule has 1 amide bonds. The first-order valence-corrected chi connectivity index (χ1v) is 7.18. The minimum Gasteiger partial charge on any atom is -0.468 e. The summed E-state index contributed by atoms with van der Waals surface area (Å²) in [5, 5.41) is 2.63. The van der Waals surface area contributed by atoms with Gasteiger partial charge in [0, 0.05) is 12.1 Å². The Labute approximate surface area is 121 Å². The van der Waals surface area contributed by atoms with Gasteiger partial charge in [-0.15, -0.1) is 0 Å². The van der Waals surface area contributed by atoms with E-state index in [9.17, 15) is 14.0 Å². The van der Waals surface area contributed by atoms with Crippen LogP contribution >= 0.6 is 11.8 Å². The van der Waals surface area contributed by atoms with E-state index in [0.717, 1.165) is 0 Å². The molecule has 0 aliphatic rings. The number of hydrogen-bond donors (Lipinski definition) is 2. The van der Waals surface area contributed by atoms with Crippen LogP contribution in [0.1, 0.15) is 12.8 Å². The first-order valence-electron chi connectivity index (χ1n) is 6.02. The molecule has 0 atom stereocenters. The second kappa shape index (κ2) is 8.42. The average molecular weight is 300 g/mol. The zero-order valence-electron chi connectivity index (χ0n) is 11.1. The van der Waals surface area contributed by atoms with E-state index >= 15 is 0 Å². The molecular weight excluding hydrogens is 283 g/mol. The highest BCUT2D eigenvalue weighted by atomic mass is 32.2. The lowest BCUT2D eigenvalue weighted by molar-refractivity contribution is -0.137. The Kier molecular flexibility index (Phi) is 6.86. The van der Waals surface area contributed by atoms with Crippen LogP contribution in [0.5, 0.6) is 0 Å². The number of amides is 1. The molecule has 110 valence electrons. The van der Waals surface area contributed by atoms with Gasteiger partial charge in [-0.2, -0.15) is 11.8 Å². The van der Waals surface area contributed by atoms with Gasteiger partial charge in [0.25, 0.3) is 0 Å². The fourth-order valence-corrected chi connectivity index (χ4v) is 2.17. The van der Waals surface area contributed by atoms with Gasteiger partial charge < -0.3 is 15.8 Å². The van der Waals surface area contributed by atoms with Gasteiger partial charge in [-0.05, 0) is 30.4 Å². The summed E-state index contributed by atoms with van der Waals surface area (Å²) < 4.78 is 17.4. The van der Waals surface area contributed by atoms with Gasteiger partial charge >= 0.3 is 5.97 Å². The number of rotatable bonds is 7. The highest BCUT2D eigenvalue weighted by Crippen LogP contribution is 2.16. The van der Waals surface area contributed by atoms with Crippen molar-refractivity contribution in [1.82, 2.24) is 0 Å². The van der Waals surface area contributed by atoms with Gasteiger partial charge in [-0.25, -0.2) is 4.39 Å². The van der Waals surface area contributed by atoms with Crippen molar-refractivity contribution >= 4 is 35.0 Å². The van der Waals surface area contributed by atoms with Crippen molar-refractivity contribution in [2.24, 2.45) is 0 Å². The van der Waals surface area contributed by atoms with E-state index < -0.39 is 5.82 Å². The summed E-state index contributed by atoms with van der Waals surface area (Å²) >= 11 is 1.41. The molecule has 1 aromatic rings. The molecule has 0 aliphatic carbocycles. The van der Waals surface area contributed by atoms with Crippen LogP contribution in [0.2, 0.25) is 0 Å². The molecule has 0 bridgehead atoms. The van der Waals surface area contributed by atoms with E-state index in [1.165, 1.54) is 37.1 Å². The summed E-state index contributed by atoms with van der Waals surface area (Å²) in [6.07, 6.45) is 0.968. The van der Waals surface area contributed by atoms with E-state index in [4.69, 9.17) is 5.73 Å². The smallest absolute Gasteiger partial charge is 0.315 e. The first-order chi connectivity index (χ1) is 9.52. The Balaban J connectivity index is 2.23. The SMILES string of the molecule is COC(=O)CSCCCC(=O)Nc1ccc(F)c(N)c1. The molecule has 0 saturated carbocycles. The number of nitrogens with one attached hydrogen (secondary N) is 1. The molecule has 0 aliphatic heterocycles. The summed E-state index contributed by atoms with van der Waals surface area (Å²) in [5.41, 5.74) is 5.87. The van der Waals surface area contributed by atoms with Crippen LogP contribution in [-0.2, 0) is 14.3 Å². The molecule has 7 heteroatoms. The van der Waals surface area contributed by atoms with E-state index in [1.54, 1.807) is 0 Å². The Hall–Kier alpha value is -1.76. The number of halogens is 1. The maximum Gasteiger partial charge on any atom is 0.315 e. The lowest BCUT2D eigenvalue weighted by Gasteiger charge is -2.06. The van der Waals surface area contributed by atoms with Gasteiger partial charge in [0.1, 0.15) is 5.82 Å². The van der Waals surface area contributed by atoms with Crippen LogP contribution < -0.4 is 11.1 Å². The number of carbonyl (C=O) groups is 2. The summed E-state index contributed by atoms with van der Waals surface area (Å²) in [5.74, 6) is 0.0128. The minimum atomic E-state index is -0.512. The molecular formula is C13H17FN2O3S. The molecule has 1 rings (SSSR count). The van der Waals surface area contributed by atoms with Gasteiger partial charge in [0.15, 0.2) is 0 Å². The summed E-state index contributed by atoms with van der Waals surface area (Å²) in [7, 11) is 1.34. The molecule has 0 fully saturated rings. The van der Waals surface area contributed by atoms with Crippen molar-refractivity contribution < 1.29 is 18.7 Å². The number of methoxy groups -OCH3 is 1. The Morgan fingerprint density at radius 3 is 2.85 bits per heavy atom. The first kappa shape index (κ1) is 16.3. The Bertz CT molecular complexity index is 483. The van der Waals surface area contributed by atoms with Crippen LogP contribution in [0.15, 0.2) is 18.2 Å².